The van der Waals surface area contributed by atoms with E-state index in [1.165, 1.54) is 16.5 Å². The van der Waals surface area contributed by atoms with Crippen molar-refractivity contribution in [3.8, 4) is 67.5 Å². The van der Waals surface area contributed by atoms with Crippen LogP contribution in [0.2, 0.25) is 0 Å². The Labute approximate surface area is 290 Å². The summed E-state index contributed by atoms with van der Waals surface area (Å²) in [6, 6.07) is 59.1. The second-order valence-corrected chi connectivity index (χ2v) is 12.3. The first kappa shape index (κ1) is 29.4. The Morgan fingerprint density at radius 3 is 1.20 bits per heavy atom. The lowest BCUT2D eigenvalue weighted by molar-refractivity contribution is 1.18. The van der Waals surface area contributed by atoms with Gasteiger partial charge in [-0.05, 0) is 68.1 Å². The number of hydrogen-bond acceptors (Lipinski definition) is 4. The topological polar surface area (TPSA) is 51.6 Å². The molecule has 0 saturated heterocycles. The maximum Gasteiger partial charge on any atom is 0.159 e. The first-order valence-corrected chi connectivity index (χ1v) is 16.7. The van der Waals surface area contributed by atoms with Crippen LogP contribution in [-0.4, -0.2) is 19.9 Å². The molecule has 0 aliphatic rings. The van der Waals surface area contributed by atoms with Gasteiger partial charge in [-0.15, -0.1) is 0 Å². The smallest absolute Gasteiger partial charge is 0.159 e. The SMILES string of the molecule is c1ccc(-c2ccnc(-c3ccc4c(-c5ccccc5)c5cc(-c6ccnc(-c7ccccc7)n6)ccc5c(-c5ccccc5)c4c3)n2)cc1. The van der Waals surface area contributed by atoms with Crippen LogP contribution in [0.15, 0.2) is 182 Å². The van der Waals surface area contributed by atoms with Gasteiger partial charge in [-0.1, -0.05) is 146 Å². The molecule has 2 heterocycles. The van der Waals surface area contributed by atoms with Gasteiger partial charge in [0.15, 0.2) is 11.6 Å². The van der Waals surface area contributed by atoms with Gasteiger partial charge in [-0.25, -0.2) is 19.9 Å². The van der Waals surface area contributed by atoms with Gasteiger partial charge in [0.25, 0.3) is 0 Å². The molecule has 0 unspecified atom stereocenters. The Bertz CT molecular complexity index is 2440. The standard InChI is InChI=1S/C46H30N4/c1-5-13-31(14-6-1)41-25-27-48-46(49-41)36-22-24-38-40(30-36)44(33-17-9-3-10-18-33)37-23-21-35(29-39(37)43(38)32-15-7-2-8-16-32)42-26-28-47-45(50-42)34-19-11-4-12-20-34/h1-30H. The van der Waals surface area contributed by atoms with Crippen molar-refractivity contribution < 1.29 is 0 Å². The van der Waals surface area contributed by atoms with E-state index in [0.29, 0.717) is 11.6 Å². The molecule has 7 aromatic carbocycles. The molecular formula is C46H30N4. The van der Waals surface area contributed by atoms with Gasteiger partial charge in [-0.3, -0.25) is 0 Å². The molecule has 2 aromatic heterocycles. The average molecular weight is 639 g/mol. The molecule has 0 bridgehead atoms. The average Bonchev–Trinajstić information content (AvgIpc) is 3.21. The van der Waals surface area contributed by atoms with Crippen molar-refractivity contribution in [2.75, 3.05) is 0 Å². The molecule has 234 valence electrons. The van der Waals surface area contributed by atoms with Crippen molar-refractivity contribution >= 4 is 21.5 Å². The highest BCUT2D eigenvalue weighted by molar-refractivity contribution is 6.22. The number of hydrogen-bond donors (Lipinski definition) is 0. The van der Waals surface area contributed by atoms with E-state index < -0.39 is 0 Å². The number of benzene rings is 7. The van der Waals surface area contributed by atoms with Crippen LogP contribution < -0.4 is 0 Å². The van der Waals surface area contributed by atoms with Crippen molar-refractivity contribution in [2.45, 2.75) is 0 Å². The van der Waals surface area contributed by atoms with Crippen molar-refractivity contribution in [3.63, 3.8) is 0 Å². The number of fused-ring (bicyclic) bond motifs is 2. The van der Waals surface area contributed by atoms with E-state index in [9.17, 15) is 0 Å². The summed E-state index contributed by atoms with van der Waals surface area (Å²) >= 11 is 0. The predicted octanol–water partition coefficient (Wildman–Crippen LogP) is 11.6. The normalized spacial score (nSPS) is 11.2. The molecule has 9 aromatic rings. The Morgan fingerprint density at radius 2 is 0.680 bits per heavy atom. The molecule has 9 rings (SSSR count). The van der Waals surface area contributed by atoms with E-state index in [1.807, 2.05) is 73.1 Å². The highest BCUT2D eigenvalue weighted by Gasteiger charge is 2.19. The minimum absolute atomic E-state index is 0.696. The number of aromatic nitrogens is 4. The lowest BCUT2D eigenvalue weighted by atomic mass is 9.84. The van der Waals surface area contributed by atoms with E-state index in [4.69, 9.17) is 15.0 Å². The minimum atomic E-state index is 0.696. The molecular weight excluding hydrogens is 609 g/mol. The highest BCUT2D eigenvalue weighted by atomic mass is 14.9. The van der Waals surface area contributed by atoms with Crippen molar-refractivity contribution in [3.05, 3.63) is 182 Å². The van der Waals surface area contributed by atoms with E-state index in [0.717, 1.165) is 60.9 Å². The summed E-state index contributed by atoms with van der Waals surface area (Å²) < 4.78 is 0. The Kier molecular flexibility index (Phi) is 7.45. The summed E-state index contributed by atoms with van der Waals surface area (Å²) in [6.07, 6.45) is 3.69. The molecule has 0 radical (unpaired) electrons. The van der Waals surface area contributed by atoms with E-state index in [1.54, 1.807) is 0 Å². The van der Waals surface area contributed by atoms with Crippen LogP contribution in [0.1, 0.15) is 0 Å². The fourth-order valence-electron chi connectivity index (χ4n) is 6.87. The molecule has 0 fully saturated rings. The van der Waals surface area contributed by atoms with Crippen molar-refractivity contribution in [2.24, 2.45) is 0 Å². The second kappa shape index (κ2) is 12.7. The summed E-state index contributed by atoms with van der Waals surface area (Å²) in [5.74, 6) is 1.41. The van der Waals surface area contributed by atoms with E-state index in [-0.39, 0.29) is 0 Å². The van der Waals surface area contributed by atoms with Crippen LogP contribution in [-0.2, 0) is 0 Å². The van der Waals surface area contributed by atoms with Gasteiger partial charge in [0.05, 0.1) is 11.4 Å². The minimum Gasteiger partial charge on any atom is -0.237 e. The van der Waals surface area contributed by atoms with E-state index in [2.05, 4.69) is 114 Å². The first-order chi connectivity index (χ1) is 24.8. The summed E-state index contributed by atoms with van der Waals surface area (Å²) in [6.45, 7) is 0. The molecule has 0 spiro atoms. The maximum atomic E-state index is 5.02. The van der Waals surface area contributed by atoms with Gasteiger partial charge in [0.2, 0.25) is 0 Å². The molecule has 50 heavy (non-hydrogen) atoms. The molecule has 0 saturated carbocycles. The van der Waals surface area contributed by atoms with Crippen LogP contribution in [0.5, 0.6) is 0 Å². The summed E-state index contributed by atoms with van der Waals surface area (Å²) in [5.41, 5.74) is 10.5. The molecule has 0 amide bonds. The Hall–Kier alpha value is -6.78. The highest BCUT2D eigenvalue weighted by Crippen LogP contribution is 2.45. The summed E-state index contributed by atoms with van der Waals surface area (Å²) in [7, 11) is 0. The number of rotatable bonds is 6. The van der Waals surface area contributed by atoms with Crippen LogP contribution >= 0.6 is 0 Å². The lowest BCUT2D eigenvalue weighted by Gasteiger charge is -2.19. The van der Waals surface area contributed by atoms with Crippen LogP contribution in [0.3, 0.4) is 0 Å². The third kappa shape index (κ3) is 5.39. The fourth-order valence-corrected chi connectivity index (χ4v) is 6.87. The zero-order valence-electron chi connectivity index (χ0n) is 27.1. The van der Waals surface area contributed by atoms with Crippen LogP contribution in [0.4, 0.5) is 0 Å². The zero-order valence-corrected chi connectivity index (χ0v) is 27.1. The van der Waals surface area contributed by atoms with Crippen molar-refractivity contribution in [1.82, 2.24) is 19.9 Å². The first-order valence-electron chi connectivity index (χ1n) is 16.7. The maximum absolute atomic E-state index is 5.02. The molecule has 4 nitrogen and oxygen atoms in total. The third-order valence-corrected chi connectivity index (χ3v) is 9.21. The monoisotopic (exact) mass is 638 g/mol. The fraction of sp³-hybridized carbons (Fsp3) is 0. The lowest BCUT2D eigenvalue weighted by Crippen LogP contribution is -1.95. The predicted molar refractivity (Wildman–Crippen MR) is 205 cm³/mol. The van der Waals surface area contributed by atoms with Gasteiger partial charge >= 0.3 is 0 Å². The summed E-state index contributed by atoms with van der Waals surface area (Å²) in [5, 5.41) is 4.64. The summed E-state index contributed by atoms with van der Waals surface area (Å²) in [4.78, 5) is 19.4. The van der Waals surface area contributed by atoms with Gasteiger partial charge in [-0.2, -0.15) is 0 Å². The molecule has 0 atom stereocenters. The second-order valence-electron chi connectivity index (χ2n) is 12.3. The van der Waals surface area contributed by atoms with Gasteiger partial charge in [0, 0.05) is 34.6 Å². The van der Waals surface area contributed by atoms with E-state index >= 15 is 0 Å². The molecule has 4 heteroatoms. The zero-order chi connectivity index (χ0) is 33.3. The number of nitrogens with zero attached hydrogens (tertiary/aromatic N) is 4. The molecule has 0 aliphatic carbocycles. The Balaban J connectivity index is 1.31. The van der Waals surface area contributed by atoms with Gasteiger partial charge in [0.1, 0.15) is 0 Å². The van der Waals surface area contributed by atoms with Crippen molar-refractivity contribution in [1.29, 1.82) is 0 Å². The third-order valence-electron chi connectivity index (χ3n) is 9.21. The van der Waals surface area contributed by atoms with Crippen LogP contribution in [0.25, 0.3) is 89.1 Å². The Morgan fingerprint density at radius 1 is 0.280 bits per heavy atom. The van der Waals surface area contributed by atoms with Crippen LogP contribution in [0, 0.1) is 0 Å². The largest absolute Gasteiger partial charge is 0.237 e. The van der Waals surface area contributed by atoms with Gasteiger partial charge < -0.3 is 0 Å². The quantitative estimate of drug-likeness (QED) is 0.170. The molecule has 0 N–H and O–H groups in total. The molecule has 0 aliphatic heterocycles.